The Morgan fingerprint density at radius 3 is 1.48 bits per heavy atom. The van der Waals surface area contributed by atoms with Crippen molar-refractivity contribution in [3.8, 4) is 18.2 Å². The van der Waals surface area contributed by atoms with Crippen molar-refractivity contribution >= 4 is 42.6 Å². The van der Waals surface area contributed by atoms with E-state index in [1.807, 2.05) is 44.2 Å². The first-order valence-corrected chi connectivity index (χ1v) is 17.3. The van der Waals surface area contributed by atoms with Gasteiger partial charge in [-0.15, -0.1) is 0 Å². The molecule has 0 aliphatic carbocycles. The maximum atomic E-state index is 13.0. The van der Waals surface area contributed by atoms with Crippen LogP contribution in [0.4, 0.5) is 9.59 Å². The molecule has 0 aromatic heterocycles. The smallest absolute Gasteiger partial charge is 0.430 e. The van der Waals surface area contributed by atoms with E-state index in [0.717, 1.165) is 12.0 Å². The molecule has 0 spiro atoms. The van der Waals surface area contributed by atoms with Crippen molar-refractivity contribution in [3.05, 3.63) is 71.8 Å². The summed E-state index contributed by atoms with van der Waals surface area (Å²) in [4.78, 5) is 97.2. The van der Waals surface area contributed by atoms with Gasteiger partial charge in [-0.25, -0.2) is 15.0 Å². The lowest BCUT2D eigenvalue weighted by molar-refractivity contribution is -0.193. The summed E-state index contributed by atoms with van der Waals surface area (Å²) in [6.07, 6.45) is 0.914. The zero-order valence-electron chi connectivity index (χ0n) is 32.9. The largest absolute Gasteiger partial charge is 0.466 e. The predicted molar refractivity (Wildman–Crippen MR) is 194 cm³/mol. The summed E-state index contributed by atoms with van der Waals surface area (Å²) in [5, 5.41) is 26.9. The SMILES string of the molecule is CCCC#N.CCOC(=O)CC(C#N)(CC)N(NC(=O)OCc1ccccc1)C(=O)OCc1ccccc1.CCOC(=O)CC(C#N)CC.O=C=O.O=C=O.O=C=O. The number of nitriles is 3. The molecular formula is C39H47N5O14. The maximum Gasteiger partial charge on any atom is 0.430 e. The van der Waals surface area contributed by atoms with Gasteiger partial charge in [-0.2, -0.15) is 49.6 Å². The molecule has 2 aromatic carbocycles. The summed E-state index contributed by atoms with van der Waals surface area (Å²) in [7, 11) is 0. The highest BCUT2D eigenvalue weighted by Gasteiger charge is 2.44. The zero-order valence-corrected chi connectivity index (χ0v) is 32.9. The molecule has 0 heterocycles. The van der Waals surface area contributed by atoms with Crippen molar-refractivity contribution in [2.75, 3.05) is 13.2 Å². The molecule has 2 amide bonds. The van der Waals surface area contributed by atoms with Crippen molar-refractivity contribution in [1.82, 2.24) is 10.4 Å². The third kappa shape index (κ3) is 30.9. The number of carbonyl (C=O) groups excluding carboxylic acids is 10. The molecule has 0 aliphatic heterocycles. The number of benzene rings is 2. The Labute approximate surface area is 336 Å². The summed E-state index contributed by atoms with van der Waals surface area (Å²) in [5.74, 6) is -1.16. The monoisotopic (exact) mass is 809 g/mol. The van der Waals surface area contributed by atoms with E-state index >= 15 is 0 Å². The number of hydrazine groups is 1. The number of rotatable bonds is 14. The summed E-state index contributed by atoms with van der Waals surface area (Å²) < 4.78 is 20.1. The Hall–Kier alpha value is -7.47. The number of unbranched alkanes of at least 4 members (excludes halogenated alkanes) is 1. The first kappa shape index (κ1) is 57.3. The number of esters is 2. The van der Waals surface area contributed by atoms with Gasteiger partial charge in [0.1, 0.15) is 13.2 Å². The lowest BCUT2D eigenvalue weighted by Crippen LogP contribution is -2.60. The molecule has 2 aromatic rings. The first-order valence-electron chi connectivity index (χ1n) is 17.3. The number of ether oxygens (including phenoxy) is 4. The topological polar surface area (TPSA) is 294 Å². The quantitative estimate of drug-likeness (QED) is 0.147. The van der Waals surface area contributed by atoms with Crippen LogP contribution in [0.2, 0.25) is 0 Å². The number of amides is 2. The highest BCUT2D eigenvalue weighted by molar-refractivity contribution is 5.78. The van der Waals surface area contributed by atoms with Crippen LogP contribution in [0.5, 0.6) is 0 Å². The lowest BCUT2D eigenvalue weighted by Gasteiger charge is -2.35. The van der Waals surface area contributed by atoms with Crippen LogP contribution in [-0.2, 0) is 70.5 Å². The maximum absolute atomic E-state index is 13.0. The van der Waals surface area contributed by atoms with Crippen molar-refractivity contribution in [1.29, 1.82) is 15.8 Å². The molecule has 2 rings (SSSR count). The minimum absolute atomic E-state index is 0.0156. The van der Waals surface area contributed by atoms with Crippen LogP contribution in [0.1, 0.15) is 84.3 Å². The average Bonchev–Trinajstić information content (AvgIpc) is 3.22. The van der Waals surface area contributed by atoms with Crippen molar-refractivity contribution in [2.45, 2.75) is 91.9 Å². The van der Waals surface area contributed by atoms with Gasteiger partial charge in [0.05, 0.1) is 50.2 Å². The lowest BCUT2D eigenvalue weighted by atomic mass is 9.93. The molecule has 58 heavy (non-hydrogen) atoms. The molecule has 0 radical (unpaired) electrons. The van der Waals surface area contributed by atoms with E-state index < -0.39 is 30.1 Å². The van der Waals surface area contributed by atoms with Crippen LogP contribution in [-0.4, -0.2) is 66.3 Å². The Morgan fingerprint density at radius 2 is 1.14 bits per heavy atom. The fraction of sp³-hybridized carbons (Fsp3) is 0.436. The molecule has 0 bridgehead atoms. The minimum atomic E-state index is -1.74. The number of carbonyl (C=O) groups is 4. The van der Waals surface area contributed by atoms with Crippen LogP contribution in [0.15, 0.2) is 60.7 Å². The third-order valence-electron chi connectivity index (χ3n) is 6.52. The fourth-order valence-electron chi connectivity index (χ4n) is 3.75. The van der Waals surface area contributed by atoms with Gasteiger partial charge in [0.2, 0.25) is 0 Å². The van der Waals surface area contributed by atoms with Crippen LogP contribution in [0, 0.1) is 39.9 Å². The highest BCUT2D eigenvalue weighted by Crippen LogP contribution is 2.24. The van der Waals surface area contributed by atoms with Crippen LogP contribution in [0.3, 0.4) is 0 Å². The molecule has 2 atom stereocenters. The van der Waals surface area contributed by atoms with Crippen LogP contribution >= 0.6 is 0 Å². The van der Waals surface area contributed by atoms with Crippen molar-refractivity contribution in [2.24, 2.45) is 5.92 Å². The van der Waals surface area contributed by atoms with Gasteiger partial charge in [-0.1, -0.05) is 81.4 Å². The highest BCUT2D eigenvalue weighted by atomic mass is 16.6. The number of nitrogens with one attached hydrogen (secondary N) is 1. The molecule has 0 aliphatic rings. The number of hydrogen-bond donors (Lipinski definition) is 1. The summed E-state index contributed by atoms with van der Waals surface area (Å²) in [6.45, 7) is 9.21. The zero-order chi connectivity index (χ0) is 45.0. The van der Waals surface area contributed by atoms with E-state index in [4.69, 9.17) is 53.5 Å². The molecule has 1 N–H and O–H groups in total. The standard InChI is InChI=1S/C24H27N3O6.C8H13NO2.C4H7N.3CO2/c1-3-24(18-25,15-21(28)31-4-2)27(23(30)33-17-20-13-9-6-10-14-20)26-22(29)32-16-19-11-7-5-8-12-19;1-3-7(6-9)5-8(10)11-4-2;1-2-3-4-5;3*2-1-3/h5-14H,3-4,15-17H2,1-2H3,(H,26,29);7H,3-5H2,1-2H3;2-3H2,1H3;;;. The Bertz CT molecular complexity index is 1640. The molecular weight excluding hydrogens is 762 g/mol. The molecule has 312 valence electrons. The summed E-state index contributed by atoms with van der Waals surface area (Å²) in [5.41, 5.74) is 1.98. The molecule has 19 heteroatoms. The third-order valence-corrected chi connectivity index (χ3v) is 6.52. The van der Waals surface area contributed by atoms with Crippen molar-refractivity contribution < 1.29 is 66.9 Å². The molecule has 0 saturated heterocycles. The van der Waals surface area contributed by atoms with Gasteiger partial charge in [-0.3, -0.25) is 9.59 Å². The van der Waals surface area contributed by atoms with E-state index in [1.54, 1.807) is 69.3 Å². The Balaban J connectivity index is -0.000000474. The minimum Gasteiger partial charge on any atom is -0.466 e. The van der Waals surface area contributed by atoms with Gasteiger partial charge in [0.15, 0.2) is 5.54 Å². The van der Waals surface area contributed by atoms with Gasteiger partial charge in [0, 0.05) is 6.42 Å². The van der Waals surface area contributed by atoms with E-state index in [1.165, 1.54) is 0 Å². The van der Waals surface area contributed by atoms with E-state index in [2.05, 4.69) is 10.2 Å². The van der Waals surface area contributed by atoms with Crippen molar-refractivity contribution in [3.63, 3.8) is 0 Å². The second-order valence-corrected chi connectivity index (χ2v) is 10.4. The second kappa shape index (κ2) is 40.7. The van der Waals surface area contributed by atoms with Gasteiger partial charge >= 0.3 is 42.6 Å². The molecule has 0 saturated carbocycles. The van der Waals surface area contributed by atoms with Gasteiger partial charge < -0.3 is 18.9 Å². The fourth-order valence-corrected chi connectivity index (χ4v) is 3.75. The van der Waals surface area contributed by atoms with Gasteiger partial charge in [-0.05, 0) is 44.2 Å². The van der Waals surface area contributed by atoms with Gasteiger partial charge in [0.25, 0.3) is 0 Å². The summed E-state index contributed by atoms with van der Waals surface area (Å²) in [6, 6.07) is 23.9. The normalized spacial score (nSPS) is 9.97. The number of nitrogens with zero attached hydrogens (tertiary/aromatic N) is 4. The van der Waals surface area contributed by atoms with Crippen LogP contribution < -0.4 is 5.43 Å². The molecule has 19 nitrogen and oxygen atoms in total. The average molecular weight is 810 g/mol. The Kier molecular flexibility index (Phi) is 40.2. The van der Waals surface area contributed by atoms with Crippen LogP contribution in [0.25, 0.3) is 0 Å². The molecule has 0 fully saturated rings. The Morgan fingerprint density at radius 1 is 0.690 bits per heavy atom. The number of hydrogen-bond acceptors (Lipinski definition) is 17. The van der Waals surface area contributed by atoms with E-state index in [-0.39, 0.29) is 63.0 Å². The second-order valence-electron chi connectivity index (χ2n) is 10.4. The summed E-state index contributed by atoms with van der Waals surface area (Å²) >= 11 is 0. The first-order chi connectivity index (χ1) is 27.8. The van der Waals surface area contributed by atoms with E-state index in [0.29, 0.717) is 30.0 Å². The van der Waals surface area contributed by atoms with E-state index in [9.17, 15) is 24.4 Å². The molecule has 2 unspecified atom stereocenters. The predicted octanol–water partition coefficient (Wildman–Crippen LogP) is 5.14.